The first kappa shape index (κ1) is 19.1. The van der Waals surface area contributed by atoms with Gasteiger partial charge in [-0.2, -0.15) is 0 Å². The van der Waals surface area contributed by atoms with Crippen molar-refractivity contribution in [3.8, 4) is 17.4 Å². The van der Waals surface area contributed by atoms with Crippen molar-refractivity contribution >= 4 is 28.9 Å². The highest BCUT2D eigenvalue weighted by Crippen LogP contribution is 2.22. The Morgan fingerprint density at radius 1 is 1.04 bits per heavy atom. The monoisotopic (exact) mass is 399 g/mol. The number of hydrogen-bond acceptors (Lipinski definition) is 6. The topological polar surface area (TPSA) is 104 Å². The van der Waals surface area contributed by atoms with Crippen molar-refractivity contribution in [1.82, 2.24) is 4.98 Å². The van der Waals surface area contributed by atoms with Gasteiger partial charge in [-0.25, -0.2) is 4.98 Å². The lowest BCUT2D eigenvalue weighted by atomic mass is 10.3. The van der Waals surface area contributed by atoms with Gasteiger partial charge in [0.1, 0.15) is 11.5 Å². The summed E-state index contributed by atoms with van der Waals surface area (Å²) in [6.07, 6.45) is 1.45. The first-order chi connectivity index (χ1) is 13.5. The van der Waals surface area contributed by atoms with Crippen LogP contribution < -0.4 is 14.8 Å². The summed E-state index contributed by atoms with van der Waals surface area (Å²) in [4.78, 5) is 26.2. The standard InChI is InChI=1S/C19H14ClN3O5/c20-13-1-6-17(7-2-13)28-19-10-3-14(11-21-19)22-18(24)12-27-16-8-4-15(5-9-16)23(25)26/h1-11H,12H2,(H,22,24). The molecule has 28 heavy (non-hydrogen) atoms. The van der Waals surface area contributed by atoms with Gasteiger partial charge in [-0.05, 0) is 42.5 Å². The minimum atomic E-state index is -0.510. The predicted octanol–water partition coefficient (Wildman–Crippen LogP) is 4.45. The van der Waals surface area contributed by atoms with Crippen LogP contribution in [0.1, 0.15) is 0 Å². The van der Waals surface area contributed by atoms with E-state index in [9.17, 15) is 14.9 Å². The number of anilines is 1. The number of carbonyl (C=O) groups is 1. The Bertz CT molecular complexity index is 960. The molecule has 0 aliphatic rings. The fourth-order valence-electron chi connectivity index (χ4n) is 2.15. The Morgan fingerprint density at radius 2 is 1.71 bits per heavy atom. The molecule has 0 saturated carbocycles. The number of carbonyl (C=O) groups excluding carboxylic acids is 1. The molecule has 8 nitrogen and oxygen atoms in total. The van der Waals surface area contributed by atoms with Crippen LogP contribution in [0.3, 0.4) is 0 Å². The summed E-state index contributed by atoms with van der Waals surface area (Å²) in [5.41, 5.74) is 0.421. The lowest BCUT2D eigenvalue weighted by Gasteiger charge is -2.08. The van der Waals surface area contributed by atoms with E-state index in [-0.39, 0.29) is 12.3 Å². The van der Waals surface area contributed by atoms with E-state index in [0.29, 0.717) is 28.1 Å². The third kappa shape index (κ3) is 5.42. The van der Waals surface area contributed by atoms with Crippen LogP contribution >= 0.6 is 11.6 Å². The van der Waals surface area contributed by atoms with Crippen LogP contribution in [0.25, 0.3) is 0 Å². The molecular weight excluding hydrogens is 386 g/mol. The number of pyridine rings is 1. The first-order valence-corrected chi connectivity index (χ1v) is 8.44. The zero-order valence-corrected chi connectivity index (χ0v) is 15.1. The smallest absolute Gasteiger partial charge is 0.269 e. The van der Waals surface area contributed by atoms with E-state index in [1.807, 2.05) is 0 Å². The van der Waals surface area contributed by atoms with Crippen LogP contribution in [0.5, 0.6) is 17.4 Å². The number of nitrogens with one attached hydrogen (secondary N) is 1. The van der Waals surface area contributed by atoms with Crippen molar-refractivity contribution < 1.29 is 19.2 Å². The maximum absolute atomic E-state index is 12.0. The average Bonchev–Trinajstić information content (AvgIpc) is 2.70. The zero-order valence-electron chi connectivity index (χ0n) is 14.4. The molecule has 2 aromatic carbocycles. The number of nitrogens with zero attached hydrogens (tertiary/aromatic N) is 2. The molecular formula is C19H14ClN3O5. The maximum Gasteiger partial charge on any atom is 0.269 e. The van der Waals surface area contributed by atoms with Crippen LogP contribution in [-0.4, -0.2) is 22.4 Å². The highest BCUT2D eigenvalue weighted by atomic mass is 35.5. The number of hydrogen-bond donors (Lipinski definition) is 1. The summed E-state index contributed by atoms with van der Waals surface area (Å²) >= 11 is 5.82. The second-order valence-corrected chi connectivity index (χ2v) is 5.97. The molecule has 0 spiro atoms. The molecule has 1 heterocycles. The maximum atomic E-state index is 12.0. The summed E-state index contributed by atoms with van der Waals surface area (Å²) in [7, 11) is 0. The predicted molar refractivity (Wildman–Crippen MR) is 103 cm³/mol. The van der Waals surface area contributed by atoms with Crippen LogP contribution in [-0.2, 0) is 4.79 Å². The van der Waals surface area contributed by atoms with Gasteiger partial charge in [0, 0.05) is 23.2 Å². The number of ether oxygens (including phenoxy) is 2. The van der Waals surface area contributed by atoms with Crippen molar-refractivity contribution in [1.29, 1.82) is 0 Å². The van der Waals surface area contributed by atoms with Gasteiger partial charge in [0.25, 0.3) is 11.6 Å². The van der Waals surface area contributed by atoms with E-state index in [1.54, 1.807) is 36.4 Å². The van der Waals surface area contributed by atoms with E-state index >= 15 is 0 Å². The largest absolute Gasteiger partial charge is 0.484 e. The highest BCUT2D eigenvalue weighted by Gasteiger charge is 2.08. The van der Waals surface area contributed by atoms with Gasteiger partial charge in [0.2, 0.25) is 5.88 Å². The molecule has 3 rings (SSSR count). The van der Waals surface area contributed by atoms with Crippen molar-refractivity contribution in [2.45, 2.75) is 0 Å². The van der Waals surface area contributed by atoms with Crippen molar-refractivity contribution in [3.05, 3.63) is 82.0 Å². The zero-order chi connectivity index (χ0) is 19.9. The molecule has 0 bridgehead atoms. The van der Waals surface area contributed by atoms with Crippen LogP contribution in [0.2, 0.25) is 5.02 Å². The van der Waals surface area contributed by atoms with Crippen molar-refractivity contribution in [3.63, 3.8) is 0 Å². The van der Waals surface area contributed by atoms with Crippen LogP contribution in [0.15, 0.2) is 66.9 Å². The average molecular weight is 400 g/mol. The lowest BCUT2D eigenvalue weighted by molar-refractivity contribution is -0.384. The third-order valence-electron chi connectivity index (χ3n) is 3.47. The Morgan fingerprint density at radius 3 is 2.32 bits per heavy atom. The van der Waals surface area contributed by atoms with Gasteiger partial charge in [0.05, 0.1) is 16.8 Å². The molecule has 0 atom stereocenters. The van der Waals surface area contributed by atoms with E-state index in [1.165, 1.54) is 30.5 Å². The fourth-order valence-corrected chi connectivity index (χ4v) is 2.27. The van der Waals surface area contributed by atoms with Gasteiger partial charge in [-0.1, -0.05) is 11.6 Å². The molecule has 0 radical (unpaired) electrons. The lowest BCUT2D eigenvalue weighted by Crippen LogP contribution is -2.20. The summed E-state index contributed by atoms with van der Waals surface area (Å²) in [5, 5.41) is 13.8. The number of benzene rings is 2. The molecule has 0 fully saturated rings. The van der Waals surface area contributed by atoms with E-state index in [4.69, 9.17) is 21.1 Å². The van der Waals surface area contributed by atoms with Gasteiger partial charge in [-0.15, -0.1) is 0 Å². The Hall–Kier alpha value is -3.65. The molecule has 1 aromatic heterocycles. The molecule has 0 aliphatic heterocycles. The highest BCUT2D eigenvalue weighted by molar-refractivity contribution is 6.30. The summed E-state index contributed by atoms with van der Waals surface area (Å²) < 4.78 is 10.9. The molecule has 1 amide bonds. The second kappa shape index (κ2) is 8.83. The summed E-state index contributed by atoms with van der Waals surface area (Å²) in [6, 6.07) is 15.6. The Labute approximate surface area is 164 Å². The van der Waals surface area contributed by atoms with E-state index < -0.39 is 10.8 Å². The number of rotatable bonds is 7. The third-order valence-corrected chi connectivity index (χ3v) is 3.73. The molecule has 142 valence electrons. The number of nitro groups is 1. The van der Waals surface area contributed by atoms with Crippen LogP contribution in [0.4, 0.5) is 11.4 Å². The normalized spacial score (nSPS) is 10.2. The SMILES string of the molecule is O=C(COc1ccc([N+](=O)[O-])cc1)Nc1ccc(Oc2ccc(Cl)cc2)nc1. The van der Waals surface area contributed by atoms with Gasteiger partial charge in [0.15, 0.2) is 6.61 Å². The molecule has 0 saturated heterocycles. The molecule has 0 unspecified atom stereocenters. The van der Waals surface area contributed by atoms with Gasteiger partial charge >= 0.3 is 0 Å². The van der Waals surface area contributed by atoms with E-state index in [2.05, 4.69) is 10.3 Å². The fraction of sp³-hybridized carbons (Fsp3) is 0.0526. The number of aromatic nitrogens is 1. The quantitative estimate of drug-likeness (QED) is 0.465. The summed E-state index contributed by atoms with van der Waals surface area (Å²) in [6.45, 7) is -0.249. The molecule has 0 aliphatic carbocycles. The van der Waals surface area contributed by atoms with Crippen molar-refractivity contribution in [2.24, 2.45) is 0 Å². The Kier molecular flexibility index (Phi) is 6.03. The van der Waals surface area contributed by atoms with Gasteiger partial charge in [-0.3, -0.25) is 14.9 Å². The van der Waals surface area contributed by atoms with E-state index in [0.717, 1.165) is 0 Å². The minimum absolute atomic E-state index is 0.0521. The number of nitro benzene ring substituents is 1. The Balaban J connectivity index is 1.49. The number of halogens is 1. The van der Waals surface area contributed by atoms with Gasteiger partial charge < -0.3 is 14.8 Å². The molecule has 3 aromatic rings. The molecule has 9 heteroatoms. The molecule has 1 N–H and O–H groups in total. The van der Waals surface area contributed by atoms with Crippen LogP contribution in [0, 0.1) is 10.1 Å². The number of amides is 1. The summed E-state index contributed by atoms with van der Waals surface area (Å²) in [5.74, 6) is 0.907. The second-order valence-electron chi connectivity index (χ2n) is 5.53. The minimum Gasteiger partial charge on any atom is -0.484 e. The van der Waals surface area contributed by atoms with Crippen molar-refractivity contribution in [2.75, 3.05) is 11.9 Å². The first-order valence-electron chi connectivity index (χ1n) is 8.06. The number of non-ortho nitro benzene ring substituents is 1.